The van der Waals surface area contributed by atoms with Crippen molar-refractivity contribution in [1.82, 2.24) is 14.9 Å². The average Bonchev–Trinajstić information content (AvgIpc) is 2.97. The van der Waals surface area contributed by atoms with Crippen LogP contribution >= 0.6 is 0 Å². The Morgan fingerprint density at radius 3 is 2.43 bits per heavy atom. The summed E-state index contributed by atoms with van der Waals surface area (Å²) in [6.07, 6.45) is 2.53. The fraction of sp³-hybridized carbons (Fsp3) is 0.324. The minimum Gasteiger partial charge on any atom is -0.325 e. The van der Waals surface area contributed by atoms with Crippen LogP contribution < -0.4 is 26.8 Å². The number of anilines is 3. The number of piperidine rings is 1. The Bertz CT molecular complexity index is 1620. The van der Waals surface area contributed by atoms with E-state index in [1.165, 1.54) is 5.56 Å². The molecule has 4 N–H and O–H groups in total. The van der Waals surface area contributed by atoms with Crippen LogP contribution in [0.2, 0.25) is 0 Å². The molecule has 1 fully saturated rings. The molecule has 8 nitrogen and oxygen atoms in total. The number of amides is 1. The van der Waals surface area contributed by atoms with Gasteiger partial charge in [0.15, 0.2) is 0 Å². The molecule has 8 heteroatoms. The number of nitrogens with one attached hydrogen (secondary N) is 2. The summed E-state index contributed by atoms with van der Waals surface area (Å²) in [4.78, 5) is 33.8. The molecule has 218 valence electrons. The van der Waals surface area contributed by atoms with Gasteiger partial charge in [-0.2, -0.15) is 0 Å². The summed E-state index contributed by atoms with van der Waals surface area (Å²) in [6, 6.07) is 23.0. The summed E-state index contributed by atoms with van der Waals surface area (Å²) >= 11 is 0. The van der Waals surface area contributed by atoms with Gasteiger partial charge in [0.05, 0.1) is 11.7 Å². The molecule has 1 aromatic heterocycles. The molecule has 4 aromatic rings. The molecule has 0 saturated carbocycles. The number of nitrogens with two attached hydrogens (primary N) is 1. The maximum atomic E-state index is 13.6. The number of aromatic nitrogens is 2. The zero-order valence-corrected chi connectivity index (χ0v) is 25.0. The highest BCUT2D eigenvalue weighted by molar-refractivity contribution is 6.05. The van der Waals surface area contributed by atoms with Crippen LogP contribution in [-0.4, -0.2) is 40.6 Å². The third kappa shape index (κ3) is 6.00. The summed E-state index contributed by atoms with van der Waals surface area (Å²) in [5.41, 5.74) is 12.0. The molecular weight excluding hydrogens is 524 g/mol. The van der Waals surface area contributed by atoms with E-state index in [2.05, 4.69) is 31.4 Å². The van der Waals surface area contributed by atoms with Crippen molar-refractivity contribution in [3.63, 3.8) is 0 Å². The molecule has 3 aromatic carbocycles. The number of carbonyl (C=O) groups excluding carboxylic acids is 1. The minimum absolute atomic E-state index is 0.0105. The molecule has 0 spiro atoms. The molecule has 2 unspecified atom stereocenters. The topological polar surface area (TPSA) is 105 Å². The van der Waals surface area contributed by atoms with Gasteiger partial charge in [-0.3, -0.25) is 9.59 Å². The maximum Gasteiger partial charge on any atom is 0.293 e. The van der Waals surface area contributed by atoms with E-state index >= 15 is 0 Å². The van der Waals surface area contributed by atoms with E-state index in [9.17, 15) is 9.59 Å². The monoisotopic (exact) mass is 564 g/mol. The van der Waals surface area contributed by atoms with Crippen molar-refractivity contribution < 1.29 is 4.79 Å². The number of hydrogen-bond acceptors (Lipinski definition) is 6. The standard InChI is InChI=1S/C34H40N6O2/c1-22-26(12-9-13-28(22)38-32(41)23-14-16-24(17-15-23)34(2,3)4)29-21-39(5)33(42)31(37-29)40(25-10-7-6-8-11-25)30-18-19-36-20-27(30)35/h6-17,21,27,30,36H,18-20,35H2,1-5H3,(H,38,41). The number of carbonyl (C=O) groups is 1. The van der Waals surface area contributed by atoms with Crippen LogP contribution in [0, 0.1) is 6.92 Å². The second-order valence-corrected chi connectivity index (χ2v) is 12.1. The lowest BCUT2D eigenvalue weighted by atomic mass is 9.86. The zero-order valence-electron chi connectivity index (χ0n) is 25.0. The van der Waals surface area contributed by atoms with E-state index in [1.54, 1.807) is 17.8 Å². The molecule has 1 aliphatic rings. The van der Waals surface area contributed by atoms with E-state index < -0.39 is 0 Å². The summed E-state index contributed by atoms with van der Waals surface area (Å²) in [7, 11) is 1.74. The third-order valence-corrected chi connectivity index (χ3v) is 8.01. The van der Waals surface area contributed by atoms with Gasteiger partial charge in [-0.25, -0.2) is 4.98 Å². The van der Waals surface area contributed by atoms with E-state index in [-0.39, 0.29) is 29.0 Å². The van der Waals surface area contributed by atoms with Gasteiger partial charge in [0.25, 0.3) is 11.5 Å². The van der Waals surface area contributed by atoms with Crippen molar-refractivity contribution in [2.75, 3.05) is 23.3 Å². The molecule has 2 atom stereocenters. The largest absolute Gasteiger partial charge is 0.325 e. The van der Waals surface area contributed by atoms with Crippen LogP contribution in [0.3, 0.4) is 0 Å². The second kappa shape index (κ2) is 11.9. The molecule has 0 bridgehead atoms. The molecule has 0 radical (unpaired) electrons. The summed E-state index contributed by atoms with van der Waals surface area (Å²) < 4.78 is 1.57. The number of aryl methyl sites for hydroxylation is 1. The minimum atomic E-state index is -0.200. The van der Waals surface area contributed by atoms with Crippen LogP contribution in [0.1, 0.15) is 48.7 Å². The lowest BCUT2D eigenvalue weighted by Gasteiger charge is -2.39. The molecule has 0 aliphatic carbocycles. The van der Waals surface area contributed by atoms with Gasteiger partial charge in [0.2, 0.25) is 5.82 Å². The van der Waals surface area contributed by atoms with Crippen molar-refractivity contribution in [2.45, 2.75) is 51.6 Å². The number of rotatable bonds is 6. The Kier molecular flexibility index (Phi) is 8.29. The zero-order chi connectivity index (χ0) is 30.0. The second-order valence-electron chi connectivity index (χ2n) is 12.1. The quantitative estimate of drug-likeness (QED) is 0.300. The van der Waals surface area contributed by atoms with Gasteiger partial charge in [0, 0.05) is 48.3 Å². The molecule has 5 rings (SSSR count). The Morgan fingerprint density at radius 1 is 1.05 bits per heavy atom. The first kappa shape index (κ1) is 29.2. The first-order valence-corrected chi connectivity index (χ1v) is 14.4. The van der Waals surface area contributed by atoms with Crippen molar-refractivity contribution >= 4 is 23.1 Å². The van der Waals surface area contributed by atoms with Gasteiger partial charge >= 0.3 is 0 Å². The van der Waals surface area contributed by atoms with E-state index in [0.717, 1.165) is 29.8 Å². The molecule has 1 amide bonds. The number of benzene rings is 3. The normalized spacial score (nSPS) is 17.1. The van der Waals surface area contributed by atoms with E-state index in [1.807, 2.05) is 84.6 Å². The van der Waals surface area contributed by atoms with Crippen LogP contribution in [0.15, 0.2) is 83.8 Å². The third-order valence-electron chi connectivity index (χ3n) is 8.01. The fourth-order valence-corrected chi connectivity index (χ4v) is 5.49. The molecular formula is C34H40N6O2. The van der Waals surface area contributed by atoms with E-state index in [4.69, 9.17) is 10.7 Å². The average molecular weight is 565 g/mol. The fourth-order valence-electron chi connectivity index (χ4n) is 5.49. The Morgan fingerprint density at radius 2 is 1.76 bits per heavy atom. The lowest BCUT2D eigenvalue weighted by Crippen LogP contribution is -2.56. The molecule has 1 aliphatic heterocycles. The van der Waals surface area contributed by atoms with Crippen LogP contribution in [0.5, 0.6) is 0 Å². The highest BCUT2D eigenvalue weighted by Gasteiger charge is 2.32. The predicted molar refractivity (Wildman–Crippen MR) is 171 cm³/mol. The summed E-state index contributed by atoms with van der Waals surface area (Å²) in [5.74, 6) is 0.149. The van der Waals surface area contributed by atoms with Crippen LogP contribution in [-0.2, 0) is 12.5 Å². The van der Waals surface area contributed by atoms with Crippen LogP contribution in [0.25, 0.3) is 11.3 Å². The first-order valence-electron chi connectivity index (χ1n) is 14.4. The van der Waals surface area contributed by atoms with Gasteiger partial charge < -0.3 is 25.8 Å². The molecule has 2 heterocycles. The molecule has 1 saturated heterocycles. The Labute approximate surface area is 247 Å². The first-order chi connectivity index (χ1) is 20.0. The van der Waals surface area contributed by atoms with Crippen molar-refractivity contribution in [2.24, 2.45) is 12.8 Å². The maximum absolute atomic E-state index is 13.6. The predicted octanol–water partition coefficient (Wildman–Crippen LogP) is 5.13. The smallest absolute Gasteiger partial charge is 0.293 e. The SMILES string of the molecule is Cc1c(NC(=O)c2ccc(C(C)(C)C)cc2)cccc1-c1cn(C)c(=O)c(N(c2ccccc2)C2CCNCC2N)n1. The molecule has 42 heavy (non-hydrogen) atoms. The van der Waals surface area contributed by atoms with Gasteiger partial charge in [0.1, 0.15) is 0 Å². The van der Waals surface area contributed by atoms with Gasteiger partial charge in [-0.15, -0.1) is 0 Å². The van der Waals surface area contributed by atoms with Crippen molar-refractivity contribution in [1.29, 1.82) is 0 Å². The highest BCUT2D eigenvalue weighted by Crippen LogP contribution is 2.32. The highest BCUT2D eigenvalue weighted by atomic mass is 16.1. The summed E-state index contributed by atoms with van der Waals surface area (Å²) in [6.45, 7) is 9.87. The van der Waals surface area contributed by atoms with Crippen molar-refractivity contribution in [3.05, 3.63) is 106 Å². The number of para-hydroxylation sites is 1. The van der Waals surface area contributed by atoms with Gasteiger partial charge in [-0.1, -0.05) is 63.2 Å². The van der Waals surface area contributed by atoms with Crippen molar-refractivity contribution in [3.8, 4) is 11.3 Å². The number of hydrogen-bond donors (Lipinski definition) is 3. The van der Waals surface area contributed by atoms with E-state index in [0.29, 0.717) is 29.3 Å². The van der Waals surface area contributed by atoms with Crippen LogP contribution in [0.4, 0.5) is 17.2 Å². The summed E-state index contributed by atoms with van der Waals surface area (Å²) in [5, 5.41) is 6.42. The van der Waals surface area contributed by atoms with Gasteiger partial charge in [-0.05, 0) is 66.8 Å². The lowest BCUT2D eigenvalue weighted by molar-refractivity contribution is 0.102. The Hall–Kier alpha value is -4.27. The Balaban J connectivity index is 1.52. The number of nitrogens with zero attached hydrogens (tertiary/aromatic N) is 3.